The van der Waals surface area contributed by atoms with E-state index in [0.29, 0.717) is 12.1 Å². The number of carbonyl (C=O) groups is 1. The van der Waals surface area contributed by atoms with Crippen LogP contribution in [-0.2, 0) is 6.18 Å². The average molecular weight is 320 g/mol. The molecule has 0 bridgehead atoms. The number of hydrogen-bond acceptors (Lipinski definition) is 3. The fourth-order valence-electron chi connectivity index (χ4n) is 2.84. The summed E-state index contributed by atoms with van der Waals surface area (Å²) < 4.78 is 37.8. The lowest BCUT2D eigenvalue weighted by Crippen LogP contribution is -2.20. The number of rotatable bonds is 3. The number of aldehydes is 1. The second-order valence-corrected chi connectivity index (χ2v) is 5.62. The van der Waals surface area contributed by atoms with E-state index in [4.69, 9.17) is 0 Å². The summed E-state index contributed by atoms with van der Waals surface area (Å²) in [5, 5.41) is 0. The number of benzene rings is 1. The SMILES string of the molecule is O=Cc1ccc(N2CCC(c3ccc(C(F)(F)F)cc3)C2)nc1. The molecule has 120 valence electrons. The first kappa shape index (κ1) is 15.5. The normalized spacial score (nSPS) is 18.2. The fraction of sp³-hybridized carbons (Fsp3) is 0.294. The average Bonchev–Trinajstić information content (AvgIpc) is 3.04. The summed E-state index contributed by atoms with van der Waals surface area (Å²) in [6.07, 6.45) is -1.17. The van der Waals surface area contributed by atoms with Gasteiger partial charge >= 0.3 is 6.18 Å². The van der Waals surface area contributed by atoms with Crippen molar-refractivity contribution < 1.29 is 18.0 Å². The smallest absolute Gasteiger partial charge is 0.356 e. The van der Waals surface area contributed by atoms with Crippen LogP contribution < -0.4 is 4.90 Å². The van der Waals surface area contributed by atoms with Crippen LogP contribution in [0.4, 0.5) is 19.0 Å². The molecular formula is C17H15F3N2O. The third kappa shape index (κ3) is 3.36. The summed E-state index contributed by atoms with van der Waals surface area (Å²) in [5.41, 5.74) is 0.805. The molecule has 3 rings (SSSR count). The van der Waals surface area contributed by atoms with E-state index in [1.54, 1.807) is 24.3 Å². The molecule has 1 saturated heterocycles. The molecule has 0 spiro atoms. The van der Waals surface area contributed by atoms with Crippen LogP contribution in [0.15, 0.2) is 42.6 Å². The highest BCUT2D eigenvalue weighted by Crippen LogP contribution is 2.33. The van der Waals surface area contributed by atoms with Crippen LogP contribution in [0.2, 0.25) is 0 Å². The number of anilines is 1. The van der Waals surface area contributed by atoms with E-state index in [9.17, 15) is 18.0 Å². The number of hydrogen-bond donors (Lipinski definition) is 0. The molecule has 0 N–H and O–H groups in total. The minimum Gasteiger partial charge on any atom is -0.356 e. The molecule has 0 aliphatic carbocycles. The molecule has 1 aromatic heterocycles. The Morgan fingerprint density at radius 2 is 1.87 bits per heavy atom. The molecule has 0 saturated carbocycles. The number of nitrogens with zero attached hydrogens (tertiary/aromatic N) is 2. The quantitative estimate of drug-likeness (QED) is 0.804. The van der Waals surface area contributed by atoms with E-state index >= 15 is 0 Å². The van der Waals surface area contributed by atoms with Gasteiger partial charge in [0.05, 0.1) is 5.56 Å². The number of alkyl halides is 3. The Balaban J connectivity index is 1.70. The Labute approximate surface area is 131 Å². The highest BCUT2D eigenvalue weighted by molar-refractivity contribution is 5.74. The van der Waals surface area contributed by atoms with Crippen molar-refractivity contribution in [1.29, 1.82) is 0 Å². The van der Waals surface area contributed by atoms with Crippen molar-refractivity contribution in [2.75, 3.05) is 18.0 Å². The van der Waals surface area contributed by atoms with Crippen molar-refractivity contribution in [3.63, 3.8) is 0 Å². The summed E-state index contributed by atoms with van der Waals surface area (Å²) in [4.78, 5) is 17.0. The van der Waals surface area contributed by atoms with E-state index in [1.807, 2.05) is 0 Å². The summed E-state index contributed by atoms with van der Waals surface area (Å²) in [5.74, 6) is 0.967. The van der Waals surface area contributed by atoms with Gasteiger partial charge in [0.1, 0.15) is 5.82 Å². The highest BCUT2D eigenvalue weighted by atomic mass is 19.4. The standard InChI is InChI=1S/C17H15F3N2O/c18-17(19,20)15-4-2-13(3-5-15)14-7-8-22(10-14)16-6-1-12(11-23)9-21-16/h1-6,9,11,14H,7-8,10H2. The Bertz CT molecular complexity index is 680. The molecule has 2 aromatic rings. The minimum atomic E-state index is -4.30. The van der Waals surface area contributed by atoms with Crippen molar-refractivity contribution in [1.82, 2.24) is 4.98 Å². The summed E-state index contributed by atoms with van der Waals surface area (Å²) >= 11 is 0. The zero-order valence-electron chi connectivity index (χ0n) is 12.3. The Morgan fingerprint density at radius 1 is 1.13 bits per heavy atom. The highest BCUT2D eigenvalue weighted by Gasteiger charge is 2.31. The first-order chi connectivity index (χ1) is 11.0. The monoisotopic (exact) mass is 320 g/mol. The van der Waals surface area contributed by atoms with Crippen LogP contribution in [0.5, 0.6) is 0 Å². The lowest BCUT2D eigenvalue weighted by molar-refractivity contribution is -0.137. The summed E-state index contributed by atoms with van der Waals surface area (Å²) in [6, 6.07) is 8.88. The lowest BCUT2D eigenvalue weighted by atomic mass is 9.97. The van der Waals surface area contributed by atoms with Gasteiger partial charge in [-0.15, -0.1) is 0 Å². The molecule has 1 fully saturated rings. The van der Waals surface area contributed by atoms with Crippen LogP contribution in [0.25, 0.3) is 0 Å². The van der Waals surface area contributed by atoms with Gasteiger partial charge in [0, 0.05) is 30.8 Å². The molecule has 1 aliphatic heterocycles. The van der Waals surface area contributed by atoms with Gasteiger partial charge in [-0.25, -0.2) is 4.98 Å². The summed E-state index contributed by atoms with van der Waals surface area (Å²) in [6.45, 7) is 1.50. The van der Waals surface area contributed by atoms with Crippen LogP contribution >= 0.6 is 0 Å². The van der Waals surface area contributed by atoms with Gasteiger partial charge in [-0.2, -0.15) is 13.2 Å². The number of halogens is 3. The Hall–Kier alpha value is -2.37. The maximum absolute atomic E-state index is 12.6. The maximum Gasteiger partial charge on any atom is 0.416 e. The van der Waals surface area contributed by atoms with Gasteiger partial charge in [-0.05, 0) is 36.2 Å². The van der Waals surface area contributed by atoms with E-state index < -0.39 is 11.7 Å². The van der Waals surface area contributed by atoms with Gasteiger partial charge in [0.15, 0.2) is 6.29 Å². The van der Waals surface area contributed by atoms with E-state index in [0.717, 1.165) is 42.8 Å². The Morgan fingerprint density at radius 3 is 2.43 bits per heavy atom. The zero-order chi connectivity index (χ0) is 16.4. The maximum atomic E-state index is 12.6. The van der Waals surface area contributed by atoms with Gasteiger partial charge < -0.3 is 4.90 Å². The first-order valence-electron chi connectivity index (χ1n) is 7.31. The third-order valence-corrected chi connectivity index (χ3v) is 4.13. The molecule has 2 heterocycles. The summed E-state index contributed by atoms with van der Waals surface area (Å²) in [7, 11) is 0. The molecule has 0 radical (unpaired) electrons. The lowest BCUT2D eigenvalue weighted by Gasteiger charge is -2.18. The number of aromatic nitrogens is 1. The van der Waals surface area contributed by atoms with E-state index in [1.165, 1.54) is 6.20 Å². The zero-order valence-corrected chi connectivity index (χ0v) is 12.3. The second-order valence-electron chi connectivity index (χ2n) is 5.62. The van der Waals surface area contributed by atoms with Gasteiger partial charge in [0.25, 0.3) is 0 Å². The third-order valence-electron chi connectivity index (χ3n) is 4.13. The molecular weight excluding hydrogens is 305 g/mol. The topological polar surface area (TPSA) is 33.2 Å². The van der Waals surface area contributed by atoms with Crippen LogP contribution in [0.3, 0.4) is 0 Å². The largest absolute Gasteiger partial charge is 0.416 e. The predicted octanol–water partition coefficient (Wildman–Crippen LogP) is 3.91. The Kier molecular flexibility index (Phi) is 4.07. The number of carbonyl (C=O) groups excluding carboxylic acids is 1. The van der Waals surface area contributed by atoms with Crippen molar-refractivity contribution in [2.45, 2.75) is 18.5 Å². The molecule has 1 unspecified atom stereocenters. The van der Waals surface area contributed by atoms with Crippen molar-refractivity contribution in [3.8, 4) is 0 Å². The molecule has 6 heteroatoms. The molecule has 1 aliphatic rings. The fourth-order valence-corrected chi connectivity index (χ4v) is 2.84. The first-order valence-corrected chi connectivity index (χ1v) is 7.31. The van der Waals surface area contributed by atoms with Crippen molar-refractivity contribution in [3.05, 3.63) is 59.3 Å². The van der Waals surface area contributed by atoms with Crippen molar-refractivity contribution in [2.24, 2.45) is 0 Å². The molecule has 1 atom stereocenters. The molecule has 1 aromatic carbocycles. The predicted molar refractivity (Wildman–Crippen MR) is 80.6 cm³/mol. The van der Waals surface area contributed by atoms with Gasteiger partial charge in [-0.1, -0.05) is 12.1 Å². The van der Waals surface area contributed by atoms with Gasteiger partial charge in [0.2, 0.25) is 0 Å². The van der Waals surface area contributed by atoms with Crippen molar-refractivity contribution >= 4 is 12.1 Å². The van der Waals surface area contributed by atoms with E-state index in [2.05, 4.69) is 9.88 Å². The van der Waals surface area contributed by atoms with Crippen LogP contribution in [0, 0.1) is 0 Å². The van der Waals surface area contributed by atoms with E-state index in [-0.39, 0.29) is 5.92 Å². The number of pyridine rings is 1. The molecule has 3 nitrogen and oxygen atoms in total. The van der Waals surface area contributed by atoms with Gasteiger partial charge in [-0.3, -0.25) is 4.79 Å². The van der Waals surface area contributed by atoms with Crippen LogP contribution in [0.1, 0.15) is 33.8 Å². The second kappa shape index (κ2) is 6.02. The molecule has 23 heavy (non-hydrogen) atoms. The minimum absolute atomic E-state index is 0.185. The van der Waals surface area contributed by atoms with Crippen LogP contribution in [-0.4, -0.2) is 24.4 Å². The molecule has 0 amide bonds.